The number of fused-ring (bicyclic) bond motifs is 2. The molecule has 0 aliphatic carbocycles. The molecule has 0 atom stereocenters. The van der Waals surface area contributed by atoms with E-state index in [4.69, 9.17) is 16.3 Å². The van der Waals surface area contributed by atoms with Gasteiger partial charge in [0.1, 0.15) is 0 Å². The molecular formula is C19H18ClN5O2S. The van der Waals surface area contributed by atoms with Gasteiger partial charge in [-0.15, -0.1) is 0 Å². The van der Waals surface area contributed by atoms with E-state index in [9.17, 15) is 4.79 Å². The lowest BCUT2D eigenvalue weighted by Crippen LogP contribution is -2.26. The number of ether oxygens (including phenoxy) is 1. The standard InChI is InChI=1S/C19H18ClN5O2S/c1-25-15-6-3-11(17(26)21-7-8-27-2)9-14(15)22-18(25)24-19-23-13-5-4-12(20)10-16(13)28-19/h3-6,9-10H,7-8H2,1-2H3,(H,21,26)(H,22,23,24). The molecule has 9 heteroatoms. The number of nitrogens with zero attached hydrogens (tertiary/aromatic N) is 3. The molecule has 0 fully saturated rings. The van der Waals surface area contributed by atoms with E-state index in [1.54, 1.807) is 19.2 Å². The predicted molar refractivity (Wildman–Crippen MR) is 113 cm³/mol. The maximum atomic E-state index is 12.2. The number of halogens is 1. The van der Waals surface area contributed by atoms with Crippen LogP contribution in [0.3, 0.4) is 0 Å². The lowest BCUT2D eigenvalue weighted by molar-refractivity contribution is 0.0937. The van der Waals surface area contributed by atoms with Gasteiger partial charge in [0, 0.05) is 31.3 Å². The number of carbonyl (C=O) groups excluding carboxylic acids is 1. The van der Waals surface area contributed by atoms with E-state index in [0.717, 1.165) is 26.4 Å². The molecule has 0 aliphatic rings. The first-order chi connectivity index (χ1) is 13.5. The Labute approximate surface area is 170 Å². The Morgan fingerprint density at radius 3 is 2.89 bits per heavy atom. The zero-order valence-corrected chi connectivity index (χ0v) is 16.9. The first-order valence-corrected chi connectivity index (χ1v) is 9.81. The minimum Gasteiger partial charge on any atom is -0.383 e. The largest absolute Gasteiger partial charge is 0.383 e. The molecule has 2 heterocycles. The molecule has 28 heavy (non-hydrogen) atoms. The van der Waals surface area contributed by atoms with Gasteiger partial charge in [-0.25, -0.2) is 9.97 Å². The van der Waals surface area contributed by atoms with Crippen LogP contribution in [0.5, 0.6) is 0 Å². The van der Waals surface area contributed by atoms with E-state index in [-0.39, 0.29) is 5.91 Å². The summed E-state index contributed by atoms with van der Waals surface area (Å²) in [5.41, 5.74) is 3.09. The third kappa shape index (κ3) is 3.66. The number of hydrogen-bond donors (Lipinski definition) is 2. The highest BCUT2D eigenvalue weighted by Gasteiger charge is 2.13. The van der Waals surface area contributed by atoms with Gasteiger partial charge in [0.05, 0.1) is 27.9 Å². The number of carbonyl (C=O) groups is 1. The second-order valence-electron chi connectivity index (χ2n) is 6.20. The molecule has 4 aromatic rings. The van der Waals surface area contributed by atoms with Gasteiger partial charge in [-0.2, -0.15) is 0 Å². The summed E-state index contributed by atoms with van der Waals surface area (Å²) >= 11 is 7.56. The van der Waals surface area contributed by atoms with Gasteiger partial charge in [-0.05, 0) is 36.4 Å². The number of rotatable bonds is 6. The molecule has 4 rings (SSSR count). The Kier molecular flexibility index (Phi) is 5.17. The third-order valence-electron chi connectivity index (χ3n) is 4.30. The molecule has 0 radical (unpaired) electrons. The molecule has 1 amide bonds. The average Bonchev–Trinajstić information content (AvgIpc) is 3.21. The highest BCUT2D eigenvalue weighted by molar-refractivity contribution is 7.22. The number of thiazole rings is 1. The summed E-state index contributed by atoms with van der Waals surface area (Å²) in [5.74, 6) is 0.499. The van der Waals surface area contributed by atoms with Crippen LogP contribution in [-0.2, 0) is 11.8 Å². The Morgan fingerprint density at radius 1 is 1.21 bits per heavy atom. The van der Waals surface area contributed by atoms with E-state index in [1.807, 2.05) is 35.9 Å². The maximum absolute atomic E-state index is 12.2. The molecule has 0 saturated heterocycles. The first-order valence-electron chi connectivity index (χ1n) is 8.62. The molecule has 2 N–H and O–H groups in total. The van der Waals surface area contributed by atoms with E-state index in [2.05, 4.69) is 20.6 Å². The van der Waals surface area contributed by atoms with Crippen molar-refractivity contribution in [3.8, 4) is 0 Å². The number of nitrogens with one attached hydrogen (secondary N) is 2. The van der Waals surface area contributed by atoms with Gasteiger partial charge in [0.25, 0.3) is 5.91 Å². The number of methoxy groups -OCH3 is 1. The molecular weight excluding hydrogens is 398 g/mol. The number of amides is 1. The number of hydrogen-bond acceptors (Lipinski definition) is 6. The molecule has 0 saturated carbocycles. The van der Waals surface area contributed by atoms with Gasteiger partial charge < -0.3 is 19.9 Å². The Morgan fingerprint density at radius 2 is 2.07 bits per heavy atom. The normalized spacial score (nSPS) is 11.2. The smallest absolute Gasteiger partial charge is 0.251 e. The van der Waals surface area contributed by atoms with Crippen molar-refractivity contribution in [1.82, 2.24) is 19.9 Å². The average molecular weight is 416 g/mol. The van der Waals surface area contributed by atoms with Crippen LogP contribution in [0, 0.1) is 0 Å². The maximum Gasteiger partial charge on any atom is 0.251 e. The monoisotopic (exact) mass is 415 g/mol. The number of benzene rings is 2. The zero-order chi connectivity index (χ0) is 19.7. The quantitative estimate of drug-likeness (QED) is 0.466. The van der Waals surface area contributed by atoms with Crippen LogP contribution in [0.25, 0.3) is 21.3 Å². The topological polar surface area (TPSA) is 81.1 Å². The lowest BCUT2D eigenvalue weighted by atomic mass is 10.2. The van der Waals surface area contributed by atoms with Gasteiger partial charge in [-0.3, -0.25) is 4.79 Å². The number of anilines is 2. The highest BCUT2D eigenvalue weighted by Crippen LogP contribution is 2.30. The molecule has 2 aromatic carbocycles. The SMILES string of the molecule is COCCNC(=O)c1ccc2c(c1)nc(Nc1nc3ccc(Cl)cc3s1)n2C. The van der Waals surface area contributed by atoms with Crippen molar-refractivity contribution in [2.24, 2.45) is 7.05 Å². The van der Waals surface area contributed by atoms with Crippen LogP contribution in [0.2, 0.25) is 5.02 Å². The summed E-state index contributed by atoms with van der Waals surface area (Å²) in [5, 5.41) is 7.48. The summed E-state index contributed by atoms with van der Waals surface area (Å²) < 4.78 is 7.89. The number of imidazole rings is 1. The van der Waals surface area contributed by atoms with Crippen LogP contribution < -0.4 is 10.6 Å². The van der Waals surface area contributed by atoms with Crippen LogP contribution in [-0.4, -0.2) is 40.7 Å². The first kappa shape index (κ1) is 18.7. The van der Waals surface area contributed by atoms with Crippen molar-refractivity contribution >= 4 is 61.2 Å². The van der Waals surface area contributed by atoms with Crippen molar-refractivity contribution in [2.75, 3.05) is 25.6 Å². The highest BCUT2D eigenvalue weighted by atomic mass is 35.5. The summed E-state index contributed by atoms with van der Waals surface area (Å²) in [6, 6.07) is 11.1. The van der Waals surface area contributed by atoms with Crippen LogP contribution in [0.1, 0.15) is 10.4 Å². The Hall–Kier alpha value is -2.68. The Bertz CT molecular complexity index is 1170. The van der Waals surface area contributed by atoms with E-state index in [1.165, 1.54) is 11.3 Å². The lowest BCUT2D eigenvalue weighted by Gasteiger charge is -2.04. The summed E-state index contributed by atoms with van der Waals surface area (Å²) in [6.07, 6.45) is 0. The molecule has 0 spiro atoms. The summed E-state index contributed by atoms with van der Waals surface area (Å²) in [7, 11) is 3.51. The molecule has 0 bridgehead atoms. The molecule has 7 nitrogen and oxygen atoms in total. The fraction of sp³-hybridized carbons (Fsp3) is 0.211. The van der Waals surface area contributed by atoms with E-state index >= 15 is 0 Å². The Balaban J connectivity index is 1.60. The fourth-order valence-electron chi connectivity index (χ4n) is 2.87. The van der Waals surface area contributed by atoms with E-state index in [0.29, 0.717) is 29.7 Å². The molecule has 0 unspecified atom stereocenters. The van der Waals surface area contributed by atoms with Crippen molar-refractivity contribution in [3.05, 3.63) is 47.0 Å². The summed E-state index contributed by atoms with van der Waals surface area (Å²) in [4.78, 5) is 21.4. The van der Waals surface area contributed by atoms with E-state index < -0.39 is 0 Å². The fourth-order valence-corrected chi connectivity index (χ4v) is 4.00. The van der Waals surface area contributed by atoms with Crippen molar-refractivity contribution in [1.29, 1.82) is 0 Å². The molecule has 0 aliphatic heterocycles. The molecule has 2 aromatic heterocycles. The van der Waals surface area contributed by atoms with Crippen LogP contribution in [0.4, 0.5) is 11.1 Å². The second-order valence-corrected chi connectivity index (χ2v) is 7.67. The van der Waals surface area contributed by atoms with Crippen molar-refractivity contribution in [3.63, 3.8) is 0 Å². The predicted octanol–water partition coefficient (Wildman–Crippen LogP) is 3.96. The minimum absolute atomic E-state index is 0.151. The number of aryl methyl sites for hydroxylation is 1. The van der Waals surface area contributed by atoms with Gasteiger partial charge in [0.2, 0.25) is 5.95 Å². The van der Waals surface area contributed by atoms with Crippen molar-refractivity contribution < 1.29 is 9.53 Å². The van der Waals surface area contributed by atoms with Gasteiger partial charge in [-0.1, -0.05) is 22.9 Å². The third-order valence-corrected chi connectivity index (χ3v) is 5.47. The van der Waals surface area contributed by atoms with Crippen LogP contribution >= 0.6 is 22.9 Å². The van der Waals surface area contributed by atoms with Gasteiger partial charge in [0.15, 0.2) is 5.13 Å². The minimum atomic E-state index is -0.151. The zero-order valence-electron chi connectivity index (χ0n) is 15.3. The van der Waals surface area contributed by atoms with Crippen molar-refractivity contribution in [2.45, 2.75) is 0 Å². The molecule has 144 valence electrons. The van der Waals surface area contributed by atoms with Crippen LogP contribution in [0.15, 0.2) is 36.4 Å². The van der Waals surface area contributed by atoms with Gasteiger partial charge >= 0.3 is 0 Å². The number of aromatic nitrogens is 3. The second kappa shape index (κ2) is 7.75. The summed E-state index contributed by atoms with van der Waals surface area (Å²) in [6.45, 7) is 0.934.